The van der Waals surface area contributed by atoms with Gasteiger partial charge in [-0.15, -0.1) is 10.2 Å². The minimum atomic E-state index is -0.705. The average molecular weight is 485 g/mol. The summed E-state index contributed by atoms with van der Waals surface area (Å²) in [6.07, 6.45) is 0.727. The summed E-state index contributed by atoms with van der Waals surface area (Å²) in [4.78, 5) is 25.9. The van der Waals surface area contributed by atoms with Crippen LogP contribution < -0.4 is 10.6 Å². The highest BCUT2D eigenvalue weighted by Gasteiger charge is 2.27. The molecule has 174 valence electrons. The summed E-state index contributed by atoms with van der Waals surface area (Å²) in [5, 5.41) is 15.5. The zero-order valence-electron chi connectivity index (χ0n) is 19.5. The van der Waals surface area contributed by atoms with Gasteiger partial charge < -0.3 is 5.32 Å². The molecule has 0 spiro atoms. The Morgan fingerprint density at radius 2 is 1.79 bits per heavy atom. The van der Waals surface area contributed by atoms with E-state index in [4.69, 9.17) is 11.6 Å². The minimum absolute atomic E-state index is 0.000167. The zero-order valence-corrected chi connectivity index (χ0v) is 21.1. The molecule has 2 amide bonds. The second-order valence-corrected chi connectivity index (χ2v) is 10.5. The van der Waals surface area contributed by atoms with Crippen molar-refractivity contribution in [2.45, 2.75) is 52.5 Å². The highest BCUT2D eigenvalue weighted by atomic mass is 35.5. The second kappa shape index (κ2) is 10.4. The zero-order chi connectivity index (χ0) is 24.2. The molecule has 0 fully saturated rings. The fraction of sp³-hybridized carbons (Fsp3) is 0.360. The van der Waals surface area contributed by atoms with Crippen molar-refractivity contribution >= 4 is 39.9 Å². The van der Waals surface area contributed by atoms with Crippen LogP contribution in [0, 0.1) is 5.92 Å². The number of anilines is 1. The smallest absolute Gasteiger partial charge is 0.251 e. The van der Waals surface area contributed by atoms with E-state index in [0.29, 0.717) is 20.7 Å². The van der Waals surface area contributed by atoms with E-state index in [1.165, 1.54) is 11.3 Å². The van der Waals surface area contributed by atoms with Crippen molar-refractivity contribution in [2.75, 3.05) is 5.32 Å². The third-order valence-electron chi connectivity index (χ3n) is 5.52. The van der Waals surface area contributed by atoms with Crippen molar-refractivity contribution in [3.05, 3.63) is 64.7 Å². The van der Waals surface area contributed by atoms with Gasteiger partial charge in [0.05, 0.1) is 0 Å². The summed E-state index contributed by atoms with van der Waals surface area (Å²) in [6.45, 7) is 10.3. The Morgan fingerprint density at radius 1 is 1.09 bits per heavy atom. The van der Waals surface area contributed by atoms with E-state index in [0.717, 1.165) is 17.5 Å². The number of nitrogens with zero attached hydrogens (tertiary/aromatic N) is 2. The van der Waals surface area contributed by atoms with Crippen LogP contribution in [0.3, 0.4) is 0 Å². The Hall–Kier alpha value is -2.77. The number of halogens is 1. The lowest BCUT2D eigenvalue weighted by molar-refractivity contribution is -0.119. The Bertz CT molecular complexity index is 1120. The van der Waals surface area contributed by atoms with Gasteiger partial charge in [0.2, 0.25) is 11.0 Å². The number of carbonyl (C=O) groups excluding carboxylic acids is 2. The number of rotatable bonds is 7. The predicted octanol–water partition coefficient (Wildman–Crippen LogP) is 5.94. The minimum Gasteiger partial charge on any atom is -0.340 e. The first-order chi connectivity index (χ1) is 15.6. The molecule has 6 nitrogen and oxygen atoms in total. The van der Waals surface area contributed by atoms with Gasteiger partial charge in [0.1, 0.15) is 11.0 Å². The van der Waals surface area contributed by atoms with Gasteiger partial charge in [0.25, 0.3) is 5.91 Å². The number of hydrogen-bond acceptors (Lipinski definition) is 5. The van der Waals surface area contributed by atoms with Gasteiger partial charge in [-0.1, -0.05) is 88.2 Å². The summed E-state index contributed by atoms with van der Waals surface area (Å²) < 4.78 is 0. The first-order valence-corrected chi connectivity index (χ1v) is 12.1. The third kappa shape index (κ3) is 6.39. The Balaban J connectivity index is 1.72. The van der Waals surface area contributed by atoms with Crippen molar-refractivity contribution in [1.82, 2.24) is 15.5 Å². The molecule has 0 aliphatic heterocycles. The lowest BCUT2D eigenvalue weighted by Crippen LogP contribution is -2.47. The molecule has 0 bridgehead atoms. The number of carbonyl (C=O) groups is 2. The summed E-state index contributed by atoms with van der Waals surface area (Å²) >= 11 is 7.31. The van der Waals surface area contributed by atoms with Crippen LogP contribution in [0.5, 0.6) is 0 Å². The van der Waals surface area contributed by atoms with E-state index in [1.807, 2.05) is 38.1 Å². The summed E-state index contributed by atoms with van der Waals surface area (Å²) in [7, 11) is 0. The lowest BCUT2D eigenvalue weighted by atomic mass is 9.86. The highest BCUT2D eigenvalue weighted by Crippen LogP contribution is 2.28. The van der Waals surface area contributed by atoms with Crippen LogP contribution in [0.1, 0.15) is 57.0 Å². The third-order valence-corrected chi connectivity index (χ3v) is 6.64. The Labute approximate surface area is 203 Å². The van der Waals surface area contributed by atoms with Gasteiger partial charge in [0.15, 0.2) is 0 Å². The van der Waals surface area contributed by atoms with E-state index in [1.54, 1.807) is 24.3 Å². The summed E-state index contributed by atoms with van der Waals surface area (Å²) in [5.74, 6) is -0.672. The molecule has 2 aromatic carbocycles. The largest absolute Gasteiger partial charge is 0.340 e. The van der Waals surface area contributed by atoms with Crippen molar-refractivity contribution in [1.29, 1.82) is 0 Å². The van der Waals surface area contributed by atoms with Crippen molar-refractivity contribution < 1.29 is 9.59 Å². The molecule has 3 rings (SSSR count). The maximum atomic E-state index is 13.1. The standard InChI is InChI=1S/C25H29ClN4O2S/c1-6-15(2)20(27-21(31)16-10-12-18(13-11-16)25(3,4)5)22(32)28-24-30-29-23(33-24)17-8-7-9-19(26)14-17/h7-15,20H,6H2,1-5H3,(H,27,31)(H,28,30,32)/t15-,20-/m0/s1. The Kier molecular flexibility index (Phi) is 7.87. The van der Waals surface area contributed by atoms with Crippen LogP contribution in [0.4, 0.5) is 5.13 Å². The summed E-state index contributed by atoms with van der Waals surface area (Å²) in [6, 6.07) is 14.1. The van der Waals surface area contributed by atoms with Gasteiger partial charge >= 0.3 is 0 Å². The fourth-order valence-corrected chi connectivity index (χ4v) is 4.18. The molecule has 1 aromatic heterocycles. The van der Waals surface area contributed by atoms with Gasteiger partial charge in [-0.2, -0.15) is 0 Å². The first-order valence-electron chi connectivity index (χ1n) is 10.9. The van der Waals surface area contributed by atoms with Crippen LogP contribution in [-0.4, -0.2) is 28.1 Å². The molecule has 2 N–H and O–H groups in total. The van der Waals surface area contributed by atoms with Crippen LogP contribution in [-0.2, 0) is 10.2 Å². The van der Waals surface area contributed by atoms with Crippen LogP contribution in [0.15, 0.2) is 48.5 Å². The quantitative estimate of drug-likeness (QED) is 0.434. The van der Waals surface area contributed by atoms with Gasteiger partial charge in [-0.05, 0) is 41.2 Å². The number of aromatic nitrogens is 2. The SMILES string of the molecule is CC[C@H](C)[C@H](NC(=O)c1ccc(C(C)(C)C)cc1)C(=O)Nc1nnc(-c2cccc(Cl)c2)s1. The number of amides is 2. The van der Waals surface area contributed by atoms with Gasteiger partial charge in [-0.3, -0.25) is 14.9 Å². The fourth-order valence-electron chi connectivity index (χ4n) is 3.24. The lowest BCUT2D eigenvalue weighted by Gasteiger charge is -2.23. The topological polar surface area (TPSA) is 84.0 Å². The molecule has 8 heteroatoms. The molecular weight excluding hydrogens is 456 g/mol. The molecule has 2 atom stereocenters. The molecule has 33 heavy (non-hydrogen) atoms. The van der Waals surface area contributed by atoms with Crippen LogP contribution in [0.2, 0.25) is 5.02 Å². The van der Waals surface area contributed by atoms with Crippen LogP contribution >= 0.6 is 22.9 Å². The van der Waals surface area contributed by atoms with E-state index in [9.17, 15) is 9.59 Å². The maximum absolute atomic E-state index is 13.1. The molecule has 1 heterocycles. The van der Waals surface area contributed by atoms with E-state index < -0.39 is 6.04 Å². The molecule has 0 aliphatic rings. The van der Waals surface area contributed by atoms with E-state index >= 15 is 0 Å². The van der Waals surface area contributed by atoms with Crippen LogP contribution in [0.25, 0.3) is 10.6 Å². The van der Waals surface area contributed by atoms with E-state index in [-0.39, 0.29) is 23.1 Å². The average Bonchev–Trinajstić information content (AvgIpc) is 3.24. The molecular formula is C25H29ClN4O2S. The second-order valence-electron chi connectivity index (χ2n) is 9.08. The van der Waals surface area contributed by atoms with Crippen molar-refractivity contribution in [3.8, 4) is 10.6 Å². The summed E-state index contributed by atoms with van der Waals surface area (Å²) in [5.41, 5.74) is 2.48. The van der Waals surface area contributed by atoms with Gasteiger partial charge in [0, 0.05) is 16.1 Å². The molecule has 0 aliphatic carbocycles. The molecule has 3 aromatic rings. The molecule has 0 radical (unpaired) electrons. The highest BCUT2D eigenvalue weighted by molar-refractivity contribution is 7.18. The predicted molar refractivity (Wildman–Crippen MR) is 135 cm³/mol. The monoisotopic (exact) mass is 484 g/mol. The van der Waals surface area contributed by atoms with E-state index in [2.05, 4.69) is 41.6 Å². The Morgan fingerprint density at radius 3 is 2.39 bits per heavy atom. The van der Waals surface area contributed by atoms with Crippen molar-refractivity contribution in [3.63, 3.8) is 0 Å². The molecule has 0 saturated carbocycles. The number of benzene rings is 2. The molecule has 0 saturated heterocycles. The first kappa shape index (κ1) is 24.9. The number of nitrogens with one attached hydrogen (secondary N) is 2. The normalized spacial score (nSPS) is 13.3. The number of hydrogen-bond donors (Lipinski definition) is 2. The van der Waals surface area contributed by atoms with Crippen molar-refractivity contribution in [2.24, 2.45) is 5.92 Å². The maximum Gasteiger partial charge on any atom is 0.251 e. The molecule has 0 unspecified atom stereocenters. The van der Waals surface area contributed by atoms with Gasteiger partial charge in [-0.25, -0.2) is 0 Å².